The van der Waals surface area contributed by atoms with Crippen LogP contribution in [0.4, 0.5) is 0 Å². The second-order valence-electron chi connectivity index (χ2n) is 5.90. The highest BCUT2D eigenvalue weighted by Gasteiger charge is 2.32. The zero-order chi connectivity index (χ0) is 10.8. The van der Waals surface area contributed by atoms with Crippen LogP contribution in [0.15, 0.2) is 0 Å². The first-order chi connectivity index (χ1) is 7.19. The average molecular weight is 211 g/mol. The minimum atomic E-state index is 0.383. The molecule has 2 aliphatic rings. The van der Waals surface area contributed by atoms with E-state index in [1.54, 1.807) is 0 Å². The third-order valence-electron chi connectivity index (χ3n) is 4.25. The lowest BCUT2D eigenvalue weighted by molar-refractivity contribution is 0.123. The Balaban J connectivity index is 1.88. The number of aliphatic hydroxyl groups is 1. The molecule has 0 aromatic heterocycles. The summed E-state index contributed by atoms with van der Waals surface area (Å²) in [4.78, 5) is 2.63. The van der Waals surface area contributed by atoms with Crippen LogP contribution in [0.25, 0.3) is 0 Å². The third-order valence-corrected chi connectivity index (χ3v) is 4.25. The quantitative estimate of drug-likeness (QED) is 0.756. The first kappa shape index (κ1) is 11.4. The Hall–Kier alpha value is -0.0800. The van der Waals surface area contributed by atoms with Gasteiger partial charge in [0.25, 0.3) is 0 Å². The molecule has 1 aliphatic carbocycles. The van der Waals surface area contributed by atoms with Crippen LogP contribution in [0, 0.1) is 17.8 Å². The Labute approximate surface area is 93.7 Å². The molecule has 2 rings (SSSR count). The molecule has 2 fully saturated rings. The van der Waals surface area contributed by atoms with Crippen molar-refractivity contribution in [2.75, 3.05) is 19.7 Å². The monoisotopic (exact) mass is 211 g/mol. The van der Waals surface area contributed by atoms with Crippen molar-refractivity contribution >= 4 is 0 Å². The molecular weight excluding hydrogens is 186 g/mol. The normalized spacial score (nSPS) is 43.4. The Morgan fingerprint density at radius 3 is 2.33 bits per heavy atom. The van der Waals surface area contributed by atoms with Crippen molar-refractivity contribution in [1.82, 2.24) is 4.90 Å². The van der Waals surface area contributed by atoms with Gasteiger partial charge in [0.05, 0.1) is 0 Å². The largest absolute Gasteiger partial charge is 0.396 e. The fourth-order valence-electron chi connectivity index (χ4n) is 3.55. The van der Waals surface area contributed by atoms with Gasteiger partial charge in [0.2, 0.25) is 0 Å². The lowest BCUT2D eigenvalue weighted by Gasteiger charge is -2.37. The maximum atomic E-state index is 9.16. The maximum Gasteiger partial charge on any atom is 0.0471 e. The van der Waals surface area contributed by atoms with E-state index in [1.807, 2.05) is 0 Å². The molecule has 0 aromatic carbocycles. The number of nitrogens with zero attached hydrogens (tertiary/aromatic N) is 1. The summed E-state index contributed by atoms with van der Waals surface area (Å²) in [6.45, 7) is 7.52. The van der Waals surface area contributed by atoms with Gasteiger partial charge in [0, 0.05) is 19.2 Å². The fourth-order valence-corrected chi connectivity index (χ4v) is 3.55. The van der Waals surface area contributed by atoms with Crippen LogP contribution in [-0.2, 0) is 0 Å². The molecule has 1 heterocycles. The summed E-state index contributed by atoms with van der Waals surface area (Å²) >= 11 is 0. The molecule has 88 valence electrons. The van der Waals surface area contributed by atoms with E-state index in [4.69, 9.17) is 5.11 Å². The summed E-state index contributed by atoms with van der Waals surface area (Å²) in [5, 5.41) is 9.16. The molecule has 1 saturated carbocycles. The van der Waals surface area contributed by atoms with Crippen molar-refractivity contribution in [2.45, 2.75) is 45.6 Å². The molecule has 2 heteroatoms. The second kappa shape index (κ2) is 4.84. The highest BCUT2D eigenvalue weighted by Crippen LogP contribution is 2.33. The fraction of sp³-hybridized carbons (Fsp3) is 1.00. The second-order valence-corrected chi connectivity index (χ2v) is 5.90. The van der Waals surface area contributed by atoms with Gasteiger partial charge in [0.1, 0.15) is 0 Å². The lowest BCUT2D eigenvalue weighted by atomic mass is 9.80. The Morgan fingerprint density at radius 2 is 1.80 bits per heavy atom. The molecule has 0 amide bonds. The van der Waals surface area contributed by atoms with Gasteiger partial charge in [-0.1, -0.05) is 13.8 Å². The summed E-state index contributed by atoms with van der Waals surface area (Å²) in [6, 6.07) is 0.806. The van der Waals surface area contributed by atoms with E-state index in [1.165, 1.54) is 32.2 Å². The topological polar surface area (TPSA) is 23.5 Å². The van der Waals surface area contributed by atoms with Crippen LogP contribution in [0.2, 0.25) is 0 Å². The van der Waals surface area contributed by atoms with Crippen LogP contribution < -0.4 is 0 Å². The maximum absolute atomic E-state index is 9.16. The zero-order valence-electron chi connectivity index (χ0n) is 10.2. The number of rotatable bonds is 2. The molecule has 0 bridgehead atoms. The SMILES string of the molecule is CC1CC(C)CC(N2CCC(CO)C2)C1. The van der Waals surface area contributed by atoms with E-state index in [0.717, 1.165) is 24.4 Å². The first-order valence-electron chi connectivity index (χ1n) is 6.54. The lowest BCUT2D eigenvalue weighted by Crippen LogP contribution is -2.39. The van der Waals surface area contributed by atoms with E-state index < -0.39 is 0 Å². The van der Waals surface area contributed by atoms with E-state index in [-0.39, 0.29) is 0 Å². The van der Waals surface area contributed by atoms with Crippen molar-refractivity contribution in [2.24, 2.45) is 17.8 Å². The van der Waals surface area contributed by atoms with Gasteiger partial charge in [-0.2, -0.15) is 0 Å². The van der Waals surface area contributed by atoms with Crippen LogP contribution in [-0.4, -0.2) is 35.7 Å². The van der Waals surface area contributed by atoms with Crippen LogP contribution >= 0.6 is 0 Å². The smallest absolute Gasteiger partial charge is 0.0471 e. The minimum Gasteiger partial charge on any atom is -0.396 e. The number of hydrogen-bond donors (Lipinski definition) is 1. The molecule has 2 nitrogen and oxygen atoms in total. The van der Waals surface area contributed by atoms with Crippen molar-refractivity contribution in [3.63, 3.8) is 0 Å². The van der Waals surface area contributed by atoms with E-state index >= 15 is 0 Å². The molecule has 1 N–H and O–H groups in total. The third kappa shape index (κ3) is 2.73. The predicted molar refractivity (Wildman–Crippen MR) is 62.7 cm³/mol. The van der Waals surface area contributed by atoms with Crippen molar-refractivity contribution in [3.8, 4) is 0 Å². The molecule has 1 saturated heterocycles. The van der Waals surface area contributed by atoms with Gasteiger partial charge in [0.15, 0.2) is 0 Å². The molecular formula is C13H25NO. The van der Waals surface area contributed by atoms with Gasteiger partial charge >= 0.3 is 0 Å². The van der Waals surface area contributed by atoms with Gasteiger partial charge in [-0.25, -0.2) is 0 Å². The standard InChI is InChI=1S/C13H25NO/c1-10-5-11(2)7-13(6-10)14-4-3-12(8-14)9-15/h10-13,15H,3-9H2,1-2H3. The van der Waals surface area contributed by atoms with Crippen molar-refractivity contribution in [1.29, 1.82) is 0 Å². The van der Waals surface area contributed by atoms with E-state index in [2.05, 4.69) is 18.7 Å². The summed E-state index contributed by atoms with van der Waals surface area (Å²) < 4.78 is 0. The molecule has 1 aliphatic heterocycles. The van der Waals surface area contributed by atoms with Gasteiger partial charge in [-0.05, 0) is 50.0 Å². The van der Waals surface area contributed by atoms with Gasteiger partial charge < -0.3 is 5.11 Å². The van der Waals surface area contributed by atoms with Gasteiger partial charge in [-0.15, -0.1) is 0 Å². The molecule has 0 spiro atoms. The minimum absolute atomic E-state index is 0.383. The highest BCUT2D eigenvalue weighted by molar-refractivity contribution is 4.86. The zero-order valence-corrected chi connectivity index (χ0v) is 10.2. The summed E-state index contributed by atoms with van der Waals surface area (Å²) in [6.07, 6.45) is 5.37. The highest BCUT2D eigenvalue weighted by atomic mass is 16.3. The number of aliphatic hydroxyl groups excluding tert-OH is 1. The summed E-state index contributed by atoms with van der Waals surface area (Å²) in [5.41, 5.74) is 0. The molecule has 15 heavy (non-hydrogen) atoms. The Kier molecular flexibility index (Phi) is 3.68. The van der Waals surface area contributed by atoms with Crippen LogP contribution in [0.5, 0.6) is 0 Å². The number of hydrogen-bond acceptors (Lipinski definition) is 2. The summed E-state index contributed by atoms with van der Waals surface area (Å²) in [7, 11) is 0. The summed E-state index contributed by atoms with van der Waals surface area (Å²) in [5.74, 6) is 2.34. The predicted octanol–water partition coefficient (Wildman–Crippen LogP) is 2.13. The molecule has 3 atom stereocenters. The van der Waals surface area contributed by atoms with Gasteiger partial charge in [-0.3, -0.25) is 4.90 Å². The molecule has 0 aromatic rings. The van der Waals surface area contributed by atoms with E-state index in [9.17, 15) is 0 Å². The molecule has 3 unspecified atom stereocenters. The van der Waals surface area contributed by atoms with Crippen molar-refractivity contribution < 1.29 is 5.11 Å². The Bertz CT molecular complexity index is 197. The van der Waals surface area contributed by atoms with Crippen LogP contribution in [0.3, 0.4) is 0 Å². The van der Waals surface area contributed by atoms with Crippen molar-refractivity contribution in [3.05, 3.63) is 0 Å². The first-order valence-corrected chi connectivity index (χ1v) is 6.54. The average Bonchev–Trinajstić information content (AvgIpc) is 2.64. The van der Waals surface area contributed by atoms with Crippen LogP contribution in [0.1, 0.15) is 39.5 Å². The van der Waals surface area contributed by atoms with E-state index in [0.29, 0.717) is 12.5 Å². The Morgan fingerprint density at radius 1 is 1.13 bits per heavy atom. The number of likely N-dealkylation sites (tertiary alicyclic amines) is 1. The molecule has 0 radical (unpaired) electrons.